The highest BCUT2D eigenvalue weighted by molar-refractivity contribution is 14.0. The molecule has 0 aliphatic heterocycles. The Morgan fingerprint density at radius 2 is 1.83 bits per heavy atom. The first kappa shape index (κ1) is 20.1. The molecular weight excluding hydrogens is 399 g/mol. The molecule has 0 radical (unpaired) electrons. The minimum Gasteiger partial charge on any atom is -0.378 e. The fourth-order valence-corrected chi connectivity index (χ4v) is 2.92. The minimum atomic E-state index is 0. The lowest BCUT2D eigenvalue weighted by atomic mass is 9.67. The standard InChI is InChI=1S/C18H30N4.HI/c1-5-18(11-6-12-18)14-21-17(19-2)20-13-15-7-9-16(10-8-15)22(3)4;/h7-10H,5-6,11-14H2,1-4H3,(H2,19,20,21);1H. The second-order valence-corrected chi connectivity index (χ2v) is 6.55. The molecule has 0 saturated heterocycles. The van der Waals surface area contributed by atoms with E-state index in [-0.39, 0.29) is 24.0 Å². The molecule has 0 heterocycles. The number of rotatable bonds is 6. The van der Waals surface area contributed by atoms with E-state index in [1.807, 2.05) is 7.05 Å². The van der Waals surface area contributed by atoms with E-state index in [0.717, 1.165) is 19.0 Å². The summed E-state index contributed by atoms with van der Waals surface area (Å²) in [6.45, 7) is 4.12. The number of nitrogens with one attached hydrogen (secondary N) is 2. The lowest BCUT2D eigenvalue weighted by Gasteiger charge is -2.41. The molecule has 0 atom stereocenters. The Morgan fingerprint density at radius 3 is 2.26 bits per heavy atom. The van der Waals surface area contributed by atoms with Gasteiger partial charge in [0, 0.05) is 39.9 Å². The van der Waals surface area contributed by atoms with Crippen molar-refractivity contribution in [2.75, 3.05) is 32.6 Å². The van der Waals surface area contributed by atoms with Crippen LogP contribution in [0.15, 0.2) is 29.3 Å². The molecule has 5 heteroatoms. The van der Waals surface area contributed by atoms with Crippen molar-refractivity contribution in [2.24, 2.45) is 10.4 Å². The van der Waals surface area contributed by atoms with Crippen LogP contribution in [-0.4, -0.2) is 33.6 Å². The van der Waals surface area contributed by atoms with Crippen molar-refractivity contribution in [3.8, 4) is 0 Å². The molecule has 1 saturated carbocycles. The maximum absolute atomic E-state index is 4.33. The van der Waals surface area contributed by atoms with Crippen molar-refractivity contribution < 1.29 is 0 Å². The third-order valence-electron chi connectivity index (χ3n) is 4.93. The van der Waals surface area contributed by atoms with Gasteiger partial charge in [0.15, 0.2) is 5.96 Å². The van der Waals surface area contributed by atoms with Crippen LogP contribution in [0.2, 0.25) is 0 Å². The second-order valence-electron chi connectivity index (χ2n) is 6.55. The molecule has 1 aliphatic carbocycles. The first-order chi connectivity index (χ1) is 10.6. The van der Waals surface area contributed by atoms with Crippen molar-refractivity contribution in [1.29, 1.82) is 0 Å². The third-order valence-corrected chi connectivity index (χ3v) is 4.93. The minimum absolute atomic E-state index is 0. The maximum Gasteiger partial charge on any atom is 0.191 e. The van der Waals surface area contributed by atoms with E-state index in [1.54, 1.807) is 0 Å². The van der Waals surface area contributed by atoms with Gasteiger partial charge in [0.2, 0.25) is 0 Å². The zero-order valence-electron chi connectivity index (χ0n) is 14.9. The van der Waals surface area contributed by atoms with E-state index < -0.39 is 0 Å². The molecule has 130 valence electrons. The van der Waals surface area contributed by atoms with Crippen LogP contribution in [-0.2, 0) is 6.54 Å². The average Bonchev–Trinajstić information content (AvgIpc) is 2.50. The summed E-state index contributed by atoms with van der Waals surface area (Å²) in [6, 6.07) is 8.62. The quantitative estimate of drug-likeness (QED) is 0.412. The number of aliphatic imine (C=N–C) groups is 1. The number of hydrogen-bond donors (Lipinski definition) is 2. The molecule has 0 amide bonds. The molecule has 2 N–H and O–H groups in total. The molecule has 0 aromatic heterocycles. The van der Waals surface area contributed by atoms with Crippen molar-refractivity contribution in [3.63, 3.8) is 0 Å². The molecule has 1 aliphatic rings. The summed E-state index contributed by atoms with van der Waals surface area (Å²) >= 11 is 0. The zero-order chi connectivity index (χ0) is 16.0. The van der Waals surface area contributed by atoms with Gasteiger partial charge in [-0.25, -0.2) is 0 Å². The molecule has 23 heavy (non-hydrogen) atoms. The Kier molecular flexibility index (Phi) is 8.16. The van der Waals surface area contributed by atoms with Gasteiger partial charge in [0.25, 0.3) is 0 Å². The summed E-state index contributed by atoms with van der Waals surface area (Å²) in [4.78, 5) is 6.44. The van der Waals surface area contributed by atoms with E-state index in [1.165, 1.54) is 36.9 Å². The SMILES string of the molecule is CCC1(CNC(=NC)NCc2ccc(N(C)C)cc2)CCC1.I. The van der Waals surface area contributed by atoms with E-state index in [0.29, 0.717) is 5.41 Å². The smallest absolute Gasteiger partial charge is 0.191 e. The molecule has 4 nitrogen and oxygen atoms in total. The Hall–Kier alpha value is -0.980. The molecule has 1 aromatic rings. The van der Waals surface area contributed by atoms with E-state index in [4.69, 9.17) is 0 Å². The van der Waals surface area contributed by atoms with E-state index in [2.05, 4.69) is 65.8 Å². The van der Waals surface area contributed by atoms with Crippen LogP contribution in [0, 0.1) is 5.41 Å². The summed E-state index contributed by atoms with van der Waals surface area (Å²) in [6.07, 6.45) is 5.32. The van der Waals surface area contributed by atoms with Crippen LogP contribution in [0.5, 0.6) is 0 Å². The van der Waals surface area contributed by atoms with Crippen LogP contribution in [0.1, 0.15) is 38.2 Å². The maximum atomic E-state index is 4.33. The predicted molar refractivity (Wildman–Crippen MR) is 111 cm³/mol. The summed E-state index contributed by atoms with van der Waals surface area (Å²) < 4.78 is 0. The molecule has 1 fully saturated rings. The van der Waals surface area contributed by atoms with Gasteiger partial charge >= 0.3 is 0 Å². The van der Waals surface area contributed by atoms with Crippen LogP contribution in [0.25, 0.3) is 0 Å². The summed E-state index contributed by atoms with van der Waals surface area (Å²) in [5, 5.41) is 6.90. The highest BCUT2D eigenvalue weighted by Crippen LogP contribution is 2.42. The molecule has 2 rings (SSSR count). The van der Waals surface area contributed by atoms with Gasteiger partial charge in [0.1, 0.15) is 0 Å². The summed E-state index contributed by atoms with van der Waals surface area (Å²) in [5.41, 5.74) is 2.99. The number of guanidine groups is 1. The van der Waals surface area contributed by atoms with Gasteiger partial charge in [-0.15, -0.1) is 24.0 Å². The van der Waals surface area contributed by atoms with Gasteiger partial charge in [-0.1, -0.05) is 25.5 Å². The Morgan fingerprint density at radius 1 is 1.17 bits per heavy atom. The molecule has 1 aromatic carbocycles. The largest absolute Gasteiger partial charge is 0.378 e. The second kappa shape index (κ2) is 9.35. The number of nitrogens with zero attached hydrogens (tertiary/aromatic N) is 2. The van der Waals surface area contributed by atoms with Crippen LogP contribution in [0.3, 0.4) is 0 Å². The Labute approximate surface area is 158 Å². The van der Waals surface area contributed by atoms with Crippen molar-refractivity contribution >= 4 is 35.6 Å². The zero-order valence-corrected chi connectivity index (χ0v) is 17.2. The highest BCUT2D eigenvalue weighted by Gasteiger charge is 2.34. The normalized spacial score (nSPS) is 16.1. The number of hydrogen-bond acceptors (Lipinski definition) is 2. The molecule has 0 spiro atoms. The summed E-state index contributed by atoms with van der Waals surface area (Å²) in [7, 11) is 5.95. The van der Waals surface area contributed by atoms with E-state index >= 15 is 0 Å². The van der Waals surface area contributed by atoms with Crippen molar-refractivity contribution in [1.82, 2.24) is 10.6 Å². The van der Waals surface area contributed by atoms with Gasteiger partial charge in [-0.05, 0) is 42.4 Å². The Bertz CT molecular complexity index is 487. The van der Waals surface area contributed by atoms with Crippen molar-refractivity contribution in [3.05, 3.63) is 29.8 Å². The molecule has 0 bridgehead atoms. The van der Waals surface area contributed by atoms with E-state index in [9.17, 15) is 0 Å². The average molecular weight is 430 g/mol. The van der Waals surface area contributed by atoms with Gasteiger partial charge in [-0.2, -0.15) is 0 Å². The topological polar surface area (TPSA) is 39.7 Å². The Balaban J connectivity index is 0.00000264. The fraction of sp³-hybridized carbons (Fsp3) is 0.611. The third kappa shape index (κ3) is 5.55. The lowest BCUT2D eigenvalue weighted by Crippen LogP contribution is -2.46. The van der Waals surface area contributed by atoms with Gasteiger partial charge < -0.3 is 15.5 Å². The summed E-state index contributed by atoms with van der Waals surface area (Å²) in [5.74, 6) is 0.899. The first-order valence-corrected chi connectivity index (χ1v) is 8.29. The monoisotopic (exact) mass is 430 g/mol. The van der Waals surface area contributed by atoms with Crippen LogP contribution >= 0.6 is 24.0 Å². The van der Waals surface area contributed by atoms with Gasteiger partial charge in [-0.3, -0.25) is 4.99 Å². The molecule has 0 unspecified atom stereocenters. The first-order valence-electron chi connectivity index (χ1n) is 8.29. The molecular formula is C18H31IN4. The number of anilines is 1. The van der Waals surface area contributed by atoms with Gasteiger partial charge in [0.05, 0.1) is 0 Å². The number of halogens is 1. The van der Waals surface area contributed by atoms with Crippen LogP contribution < -0.4 is 15.5 Å². The predicted octanol–water partition coefficient (Wildman–Crippen LogP) is 3.62. The number of benzene rings is 1. The fourth-order valence-electron chi connectivity index (χ4n) is 2.92. The lowest BCUT2D eigenvalue weighted by molar-refractivity contribution is 0.131. The van der Waals surface area contributed by atoms with Crippen LogP contribution in [0.4, 0.5) is 5.69 Å². The highest BCUT2D eigenvalue weighted by atomic mass is 127. The van der Waals surface area contributed by atoms with Crippen molar-refractivity contribution in [2.45, 2.75) is 39.2 Å².